The van der Waals surface area contributed by atoms with Crippen molar-refractivity contribution in [3.63, 3.8) is 0 Å². The fraction of sp³-hybridized carbons (Fsp3) is 0.227. The zero-order valence-electron chi connectivity index (χ0n) is 17.5. The van der Waals surface area contributed by atoms with Crippen molar-refractivity contribution in [2.45, 2.75) is 19.1 Å². The van der Waals surface area contributed by atoms with Gasteiger partial charge >= 0.3 is 11.9 Å². The largest absolute Gasteiger partial charge is 0.496 e. The van der Waals surface area contributed by atoms with E-state index >= 15 is 0 Å². The van der Waals surface area contributed by atoms with E-state index in [0.717, 1.165) is 35.4 Å². The SMILES string of the molecule is COc1ccccc1-c1ccc(CN(CC(C)(O)C(=O)O)NC(=O)c2cc(O)no2)cc1. The Morgan fingerprint density at radius 3 is 2.47 bits per heavy atom. The summed E-state index contributed by atoms with van der Waals surface area (Å²) in [5.41, 5.74) is 2.91. The summed E-state index contributed by atoms with van der Waals surface area (Å²) >= 11 is 0. The van der Waals surface area contributed by atoms with Crippen LogP contribution in [-0.4, -0.2) is 56.6 Å². The average Bonchev–Trinajstić information content (AvgIpc) is 3.20. The van der Waals surface area contributed by atoms with Crippen LogP contribution in [-0.2, 0) is 11.3 Å². The van der Waals surface area contributed by atoms with Crippen molar-refractivity contribution in [2.75, 3.05) is 13.7 Å². The molecule has 0 aliphatic heterocycles. The van der Waals surface area contributed by atoms with Crippen LogP contribution in [0.5, 0.6) is 11.6 Å². The Hall–Kier alpha value is -3.89. The van der Waals surface area contributed by atoms with Crippen LogP contribution in [0, 0.1) is 0 Å². The molecule has 0 aliphatic rings. The van der Waals surface area contributed by atoms with Crippen molar-refractivity contribution in [1.82, 2.24) is 15.6 Å². The smallest absolute Gasteiger partial charge is 0.336 e. The van der Waals surface area contributed by atoms with E-state index in [-0.39, 0.29) is 12.3 Å². The van der Waals surface area contributed by atoms with Crippen LogP contribution in [0.4, 0.5) is 0 Å². The minimum absolute atomic E-state index is 0.0848. The van der Waals surface area contributed by atoms with Gasteiger partial charge < -0.3 is 24.6 Å². The average molecular weight is 441 g/mol. The molecule has 10 heteroatoms. The number of hydrogen-bond acceptors (Lipinski definition) is 8. The first-order valence-electron chi connectivity index (χ1n) is 9.59. The number of aromatic hydroxyl groups is 1. The second kappa shape index (κ2) is 9.50. The van der Waals surface area contributed by atoms with Crippen LogP contribution in [0.25, 0.3) is 11.1 Å². The van der Waals surface area contributed by atoms with Gasteiger partial charge in [0.05, 0.1) is 19.7 Å². The molecule has 1 amide bonds. The zero-order chi connectivity index (χ0) is 23.3. The highest BCUT2D eigenvalue weighted by Gasteiger charge is 2.33. The van der Waals surface area contributed by atoms with E-state index in [9.17, 15) is 24.9 Å². The topological polar surface area (TPSA) is 145 Å². The zero-order valence-corrected chi connectivity index (χ0v) is 17.5. The Morgan fingerprint density at radius 1 is 1.19 bits per heavy atom. The van der Waals surface area contributed by atoms with Crippen molar-refractivity contribution in [1.29, 1.82) is 0 Å². The first-order chi connectivity index (χ1) is 15.2. The number of carboxylic acid groups (broad SMARTS) is 1. The monoisotopic (exact) mass is 441 g/mol. The quantitative estimate of drug-likeness (QED) is 0.366. The third-order valence-corrected chi connectivity index (χ3v) is 4.69. The number of para-hydroxylation sites is 1. The predicted molar refractivity (Wildman–Crippen MR) is 113 cm³/mol. The van der Waals surface area contributed by atoms with Gasteiger partial charge in [-0.15, -0.1) is 0 Å². The molecule has 1 unspecified atom stereocenters. The Labute approximate surface area is 183 Å². The first kappa shape index (κ1) is 22.8. The van der Waals surface area contributed by atoms with Crippen LogP contribution in [0.2, 0.25) is 0 Å². The number of ether oxygens (including phenoxy) is 1. The molecule has 168 valence electrons. The standard InChI is InChI=1S/C22H23N3O7/c1-22(30,21(28)29)13-25(23-20(27)18-11-19(26)24-32-18)12-14-7-9-15(10-8-14)16-5-3-4-6-17(16)31-2/h3-11,30H,12-13H2,1-2H3,(H,23,27)(H,24,26)(H,28,29). The van der Waals surface area contributed by atoms with Gasteiger partial charge in [-0.05, 0) is 29.3 Å². The van der Waals surface area contributed by atoms with Gasteiger partial charge in [0.15, 0.2) is 5.60 Å². The van der Waals surface area contributed by atoms with Crippen molar-refractivity contribution in [3.05, 3.63) is 65.9 Å². The summed E-state index contributed by atoms with van der Waals surface area (Å²) in [5.74, 6) is -2.22. The number of nitrogens with zero attached hydrogens (tertiary/aromatic N) is 2. The molecule has 0 radical (unpaired) electrons. The molecule has 4 N–H and O–H groups in total. The molecule has 3 aromatic rings. The number of aliphatic hydroxyl groups is 1. The maximum absolute atomic E-state index is 12.4. The summed E-state index contributed by atoms with van der Waals surface area (Å²) in [6.07, 6.45) is 0. The molecule has 1 atom stereocenters. The fourth-order valence-electron chi connectivity index (χ4n) is 3.04. The lowest BCUT2D eigenvalue weighted by Gasteiger charge is -2.28. The number of aromatic nitrogens is 1. The molecule has 3 rings (SSSR count). The van der Waals surface area contributed by atoms with Crippen molar-refractivity contribution in [2.24, 2.45) is 0 Å². The Morgan fingerprint density at radius 2 is 1.88 bits per heavy atom. The van der Waals surface area contributed by atoms with Crippen molar-refractivity contribution < 1.29 is 34.2 Å². The number of hydrogen-bond donors (Lipinski definition) is 4. The lowest BCUT2D eigenvalue weighted by molar-refractivity contribution is -0.159. The predicted octanol–water partition coefficient (Wildman–Crippen LogP) is 2.04. The summed E-state index contributed by atoms with van der Waals surface area (Å²) < 4.78 is 10.1. The summed E-state index contributed by atoms with van der Waals surface area (Å²) in [6, 6.07) is 16.0. The van der Waals surface area contributed by atoms with Gasteiger partial charge in [-0.1, -0.05) is 42.5 Å². The number of rotatable bonds is 9. The number of methoxy groups -OCH3 is 1. The van der Waals surface area contributed by atoms with Gasteiger partial charge in [-0.3, -0.25) is 10.2 Å². The molecule has 2 aromatic carbocycles. The van der Waals surface area contributed by atoms with E-state index in [1.807, 2.05) is 48.5 Å². The summed E-state index contributed by atoms with van der Waals surface area (Å²) in [7, 11) is 1.59. The molecular formula is C22H23N3O7. The van der Waals surface area contributed by atoms with Crippen molar-refractivity contribution in [3.8, 4) is 22.8 Å². The second-order valence-electron chi connectivity index (χ2n) is 7.32. The van der Waals surface area contributed by atoms with Gasteiger partial charge in [-0.2, -0.15) is 0 Å². The van der Waals surface area contributed by atoms with Gasteiger partial charge in [0.25, 0.3) is 5.88 Å². The maximum atomic E-state index is 12.4. The van der Waals surface area contributed by atoms with Crippen LogP contribution in [0.1, 0.15) is 23.0 Å². The highest BCUT2D eigenvalue weighted by molar-refractivity contribution is 5.91. The number of nitrogens with one attached hydrogen (secondary N) is 1. The Kier molecular flexibility index (Phi) is 6.76. The van der Waals surface area contributed by atoms with Crippen LogP contribution in [0.3, 0.4) is 0 Å². The summed E-state index contributed by atoms with van der Waals surface area (Å²) in [4.78, 5) is 23.8. The fourth-order valence-corrected chi connectivity index (χ4v) is 3.04. The molecule has 0 saturated carbocycles. The van der Waals surface area contributed by atoms with Crippen LogP contribution >= 0.6 is 0 Å². The number of hydrazine groups is 1. The number of benzene rings is 2. The molecule has 32 heavy (non-hydrogen) atoms. The van der Waals surface area contributed by atoms with E-state index in [4.69, 9.17) is 9.26 Å². The number of amides is 1. The molecule has 0 bridgehead atoms. The van der Waals surface area contributed by atoms with Gasteiger partial charge in [0.1, 0.15) is 5.75 Å². The van der Waals surface area contributed by atoms with E-state index in [1.165, 1.54) is 5.01 Å². The molecule has 1 heterocycles. The Bertz CT molecular complexity index is 1090. The number of carboxylic acids is 1. The molecule has 0 fully saturated rings. The van der Waals surface area contributed by atoms with Gasteiger partial charge in [0, 0.05) is 12.1 Å². The number of carbonyl (C=O) groups is 2. The highest BCUT2D eigenvalue weighted by atomic mass is 16.5. The molecule has 0 saturated heterocycles. The van der Waals surface area contributed by atoms with Gasteiger partial charge in [-0.25, -0.2) is 9.80 Å². The Balaban J connectivity index is 1.80. The van der Waals surface area contributed by atoms with E-state index < -0.39 is 29.9 Å². The number of carbonyl (C=O) groups excluding carboxylic acids is 1. The van der Waals surface area contributed by atoms with E-state index in [2.05, 4.69) is 10.6 Å². The van der Waals surface area contributed by atoms with E-state index in [1.54, 1.807) is 7.11 Å². The second-order valence-corrected chi connectivity index (χ2v) is 7.32. The van der Waals surface area contributed by atoms with Crippen LogP contribution in [0.15, 0.2) is 59.1 Å². The third-order valence-electron chi connectivity index (χ3n) is 4.69. The minimum atomic E-state index is -2.13. The lowest BCUT2D eigenvalue weighted by Crippen LogP contribution is -2.52. The lowest BCUT2D eigenvalue weighted by atomic mass is 10.0. The molecule has 10 nitrogen and oxygen atoms in total. The minimum Gasteiger partial charge on any atom is -0.496 e. The summed E-state index contributed by atoms with van der Waals surface area (Å²) in [5, 5.41) is 33.2. The van der Waals surface area contributed by atoms with Crippen molar-refractivity contribution >= 4 is 11.9 Å². The molecule has 0 spiro atoms. The first-order valence-corrected chi connectivity index (χ1v) is 9.59. The molecule has 1 aromatic heterocycles. The van der Waals surface area contributed by atoms with E-state index in [0.29, 0.717) is 0 Å². The molecule has 0 aliphatic carbocycles. The van der Waals surface area contributed by atoms with Crippen LogP contribution < -0.4 is 10.2 Å². The highest BCUT2D eigenvalue weighted by Crippen LogP contribution is 2.29. The number of aliphatic carboxylic acids is 1. The van der Waals surface area contributed by atoms with Gasteiger partial charge in [0.2, 0.25) is 5.76 Å². The summed E-state index contributed by atoms with van der Waals surface area (Å²) in [6.45, 7) is 0.795. The third kappa shape index (κ3) is 5.42. The maximum Gasteiger partial charge on any atom is 0.336 e. The molecular weight excluding hydrogens is 418 g/mol. The normalized spacial score (nSPS) is 12.9.